The van der Waals surface area contributed by atoms with Gasteiger partial charge in [-0.05, 0) is 0 Å². The SMILES string of the molecule is O=P(O)(O)OCCF.[LiH]. The third-order valence-corrected chi connectivity index (χ3v) is 0.856. The average molecular weight is 152 g/mol. The van der Waals surface area contributed by atoms with Crippen molar-refractivity contribution in [3.8, 4) is 0 Å². The molecule has 0 atom stereocenters. The molecule has 0 heterocycles. The molecule has 9 heavy (non-hydrogen) atoms. The molecule has 4 nitrogen and oxygen atoms in total. The summed E-state index contributed by atoms with van der Waals surface area (Å²) >= 11 is 0. The summed E-state index contributed by atoms with van der Waals surface area (Å²) in [5.74, 6) is 0. The minimum absolute atomic E-state index is 0. The maximum atomic E-state index is 11.1. The van der Waals surface area contributed by atoms with Crippen LogP contribution in [-0.2, 0) is 9.09 Å². The summed E-state index contributed by atoms with van der Waals surface area (Å²) in [5.41, 5.74) is 0. The van der Waals surface area contributed by atoms with Crippen LogP contribution < -0.4 is 0 Å². The number of hydrogen-bond acceptors (Lipinski definition) is 2. The second-order valence-corrected chi connectivity index (χ2v) is 2.25. The molecule has 0 fully saturated rings. The molecular weight excluding hydrogens is 145 g/mol. The first-order valence-electron chi connectivity index (χ1n) is 1.82. The van der Waals surface area contributed by atoms with Crippen LogP contribution in [0.5, 0.6) is 0 Å². The first-order chi connectivity index (χ1) is 3.56. The van der Waals surface area contributed by atoms with E-state index in [1.54, 1.807) is 0 Å². The predicted octanol–water partition coefficient (Wildman–Crippen LogP) is -0.583. The molecule has 0 aliphatic rings. The summed E-state index contributed by atoms with van der Waals surface area (Å²) < 4.78 is 24.4. The zero-order valence-electron chi connectivity index (χ0n) is 3.95. The molecule has 0 spiro atoms. The second kappa shape index (κ2) is 5.42. The van der Waals surface area contributed by atoms with Crippen LogP contribution in [0.15, 0.2) is 0 Å². The Labute approximate surface area is 63.8 Å². The molecule has 7 heteroatoms. The van der Waals surface area contributed by atoms with E-state index in [2.05, 4.69) is 4.52 Å². The van der Waals surface area contributed by atoms with Gasteiger partial charge in [0.05, 0.1) is 6.61 Å². The van der Waals surface area contributed by atoms with Crippen molar-refractivity contribution in [2.75, 3.05) is 13.3 Å². The summed E-state index contributed by atoms with van der Waals surface area (Å²) in [4.78, 5) is 15.7. The Hall–Kier alpha value is 0.637. The summed E-state index contributed by atoms with van der Waals surface area (Å²) in [7, 11) is -4.42. The third kappa shape index (κ3) is 12.0. The van der Waals surface area contributed by atoms with Crippen molar-refractivity contribution in [1.29, 1.82) is 0 Å². The van der Waals surface area contributed by atoms with Crippen LogP contribution in [-0.4, -0.2) is 41.9 Å². The number of alkyl halides is 1. The van der Waals surface area contributed by atoms with E-state index in [9.17, 15) is 8.96 Å². The fraction of sp³-hybridized carbons (Fsp3) is 1.00. The van der Waals surface area contributed by atoms with Gasteiger partial charge in [0.2, 0.25) is 0 Å². The van der Waals surface area contributed by atoms with Gasteiger partial charge in [0.25, 0.3) is 0 Å². The zero-order valence-corrected chi connectivity index (χ0v) is 4.84. The van der Waals surface area contributed by atoms with E-state index in [-0.39, 0.29) is 18.9 Å². The Balaban J connectivity index is 0. The molecule has 0 amide bonds. The van der Waals surface area contributed by atoms with E-state index < -0.39 is 21.1 Å². The Morgan fingerprint density at radius 2 is 2.00 bits per heavy atom. The Kier molecular flexibility index (Phi) is 7.43. The minimum atomic E-state index is -4.42. The second-order valence-electron chi connectivity index (χ2n) is 1.01. The molecule has 0 saturated carbocycles. The van der Waals surface area contributed by atoms with Crippen molar-refractivity contribution in [1.82, 2.24) is 0 Å². The molecule has 0 aliphatic carbocycles. The van der Waals surface area contributed by atoms with Crippen LogP contribution in [0.3, 0.4) is 0 Å². The zero-order chi connectivity index (χ0) is 6.62. The molecule has 52 valence electrons. The van der Waals surface area contributed by atoms with E-state index in [4.69, 9.17) is 9.79 Å². The van der Waals surface area contributed by atoms with Gasteiger partial charge in [-0.2, -0.15) is 0 Å². The first-order valence-corrected chi connectivity index (χ1v) is 3.35. The topological polar surface area (TPSA) is 66.8 Å². The molecule has 0 rings (SSSR count). The van der Waals surface area contributed by atoms with Crippen LogP contribution in [0.1, 0.15) is 0 Å². The van der Waals surface area contributed by atoms with Gasteiger partial charge in [-0.25, -0.2) is 8.96 Å². The van der Waals surface area contributed by atoms with Gasteiger partial charge in [0, 0.05) is 0 Å². The van der Waals surface area contributed by atoms with Crippen molar-refractivity contribution in [2.24, 2.45) is 0 Å². The molecule has 0 aromatic rings. The summed E-state index contributed by atoms with van der Waals surface area (Å²) in [6.45, 7) is -1.44. The predicted molar refractivity (Wildman–Crippen MR) is 31.1 cm³/mol. The summed E-state index contributed by atoms with van der Waals surface area (Å²) in [5, 5.41) is 0. The summed E-state index contributed by atoms with van der Waals surface area (Å²) in [6.07, 6.45) is 0. The Morgan fingerprint density at radius 3 is 2.11 bits per heavy atom. The molecule has 0 radical (unpaired) electrons. The van der Waals surface area contributed by atoms with Crippen molar-refractivity contribution in [2.45, 2.75) is 0 Å². The van der Waals surface area contributed by atoms with Gasteiger partial charge >= 0.3 is 26.7 Å². The van der Waals surface area contributed by atoms with E-state index in [0.29, 0.717) is 0 Å². The molecule has 0 bridgehead atoms. The maximum absolute atomic E-state index is 11.1. The van der Waals surface area contributed by atoms with Crippen molar-refractivity contribution in [3.63, 3.8) is 0 Å². The van der Waals surface area contributed by atoms with Gasteiger partial charge in [-0.15, -0.1) is 0 Å². The van der Waals surface area contributed by atoms with Gasteiger partial charge in [-0.1, -0.05) is 0 Å². The number of phosphoric acid groups is 1. The van der Waals surface area contributed by atoms with Gasteiger partial charge in [-0.3, -0.25) is 4.52 Å². The van der Waals surface area contributed by atoms with E-state index in [1.165, 1.54) is 0 Å². The van der Waals surface area contributed by atoms with E-state index >= 15 is 0 Å². The molecule has 0 aromatic carbocycles. The van der Waals surface area contributed by atoms with Crippen LogP contribution in [0.2, 0.25) is 0 Å². The Bertz CT molecular complexity index is 103. The normalized spacial score (nSPS) is 10.6. The van der Waals surface area contributed by atoms with Crippen LogP contribution in [0.4, 0.5) is 4.39 Å². The molecular formula is C2H7FLiO4P. The molecule has 0 saturated heterocycles. The van der Waals surface area contributed by atoms with E-state index in [1.807, 2.05) is 0 Å². The number of hydrogen-bond donors (Lipinski definition) is 2. The summed E-state index contributed by atoms with van der Waals surface area (Å²) in [6, 6.07) is 0. The average Bonchev–Trinajstić information content (AvgIpc) is 1.59. The van der Waals surface area contributed by atoms with Crippen molar-refractivity contribution in [3.05, 3.63) is 0 Å². The number of halogens is 1. The third-order valence-electron chi connectivity index (χ3n) is 0.337. The van der Waals surface area contributed by atoms with Gasteiger partial charge in [0.15, 0.2) is 0 Å². The quantitative estimate of drug-likeness (QED) is 0.419. The molecule has 0 aromatic heterocycles. The van der Waals surface area contributed by atoms with Crippen LogP contribution >= 0.6 is 7.82 Å². The molecule has 0 unspecified atom stereocenters. The van der Waals surface area contributed by atoms with Gasteiger partial charge < -0.3 is 9.79 Å². The van der Waals surface area contributed by atoms with Crippen molar-refractivity contribution >= 4 is 26.7 Å². The number of phosphoric ester groups is 1. The molecule has 2 N–H and O–H groups in total. The number of rotatable bonds is 3. The molecule has 0 aliphatic heterocycles. The fourth-order valence-corrected chi connectivity index (χ4v) is 0.460. The van der Waals surface area contributed by atoms with Gasteiger partial charge in [0.1, 0.15) is 6.67 Å². The van der Waals surface area contributed by atoms with Crippen LogP contribution in [0, 0.1) is 0 Å². The Morgan fingerprint density at radius 1 is 1.56 bits per heavy atom. The first kappa shape index (κ1) is 12.3. The van der Waals surface area contributed by atoms with E-state index in [0.717, 1.165) is 0 Å². The van der Waals surface area contributed by atoms with Crippen LogP contribution in [0.25, 0.3) is 0 Å². The fourth-order valence-electron chi connectivity index (χ4n) is 0.153. The monoisotopic (exact) mass is 152 g/mol. The standard InChI is InChI=1S/C2H6FO4P.Li.H/c3-1-2-7-8(4,5)6;;/h1-2H2,(H2,4,5,6);;. The van der Waals surface area contributed by atoms with Crippen molar-refractivity contribution < 1.29 is 23.3 Å².